The first-order chi connectivity index (χ1) is 10.2. The van der Waals surface area contributed by atoms with Crippen molar-refractivity contribution in [2.75, 3.05) is 18.0 Å². The van der Waals surface area contributed by atoms with E-state index < -0.39 is 0 Å². The molecule has 1 atom stereocenters. The topological polar surface area (TPSA) is 15.3 Å². The zero-order valence-electron chi connectivity index (χ0n) is 13.0. The van der Waals surface area contributed by atoms with Crippen LogP contribution < -0.4 is 10.2 Å². The fraction of sp³-hybridized carbons (Fsp3) is 0.368. The number of para-hydroxylation sites is 1. The van der Waals surface area contributed by atoms with Crippen molar-refractivity contribution in [1.82, 2.24) is 5.32 Å². The number of aryl methyl sites for hydroxylation is 1. The Hall–Kier alpha value is -1.80. The highest BCUT2D eigenvalue weighted by Crippen LogP contribution is 2.27. The van der Waals surface area contributed by atoms with Crippen molar-refractivity contribution in [3.8, 4) is 0 Å². The minimum atomic E-state index is 0.521. The van der Waals surface area contributed by atoms with Gasteiger partial charge in [0.15, 0.2) is 0 Å². The second-order valence-corrected chi connectivity index (χ2v) is 6.05. The molecule has 2 aromatic carbocycles. The molecule has 2 heteroatoms. The van der Waals surface area contributed by atoms with Gasteiger partial charge in [-0.15, -0.1) is 0 Å². The molecular formula is C19H24N2. The van der Waals surface area contributed by atoms with Crippen LogP contribution in [-0.2, 0) is 13.0 Å². The third-order valence-corrected chi connectivity index (χ3v) is 4.29. The molecule has 0 bridgehead atoms. The average molecular weight is 280 g/mol. The van der Waals surface area contributed by atoms with Crippen molar-refractivity contribution in [3.63, 3.8) is 0 Å². The van der Waals surface area contributed by atoms with E-state index >= 15 is 0 Å². The van der Waals surface area contributed by atoms with Crippen molar-refractivity contribution in [3.05, 3.63) is 65.2 Å². The smallest absolute Gasteiger partial charge is 0.0442 e. The van der Waals surface area contributed by atoms with Gasteiger partial charge in [-0.3, -0.25) is 0 Å². The molecule has 0 amide bonds. The largest absolute Gasteiger partial charge is 0.369 e. The van der Waals surface area contributed by atoms with Crippen molar-refractivity contribution in [2.24, 2.45) is 0 Å². The minimum Gasteiger partial charge on any atom is -0.369 e. The third kappa shape index (κ3) is 3.27. The molecule has 1 aliphatic heterocycles. The van der Waals surface area contributed by atoms with Crippen LogP contribution in [0.5, 0.6) is 0 Å². The Labute approximate surface area is 127 Å². The van der Waals surface area contributed by atoms with E-state index in [1.807, 2.05) is 0 Å². The van der Waals surface area contributed by atoms with Crippen LogP contribution in [0.15, 0.2) is 48.5 Å². The first kappa shape index (κ1) is 14.2. The van der Waals surface area contributed by atoms with E-state index in [1.54, 1.807) is 0 Å². The number of nitrogens with zero attached hydrogens (tertiary/aromatic N) is 1. The summed E-state index contributed by atoms with van der Waals surface area (Å²) in [6.07, 6.45) is 1.10. The van der Waals surface area contributed by atoms with Crippen LogP contribution in [0.25, 0.3) is 0 Å². The average Bonchev–Trinajstić information content (AvgIpc) is 2.66. The van der Waals surface area contributed by atoms with Gasteiger partial charge in [-0.2, -0.15) is 0 Å². The Morgan fingerprint density at radius 3 is 2.71 bits per heavy atom. The van der Waals surface area contributed by atoms with Gasteiger partial charge in [0.05, 0.1) is 0 Å². The number of anilines is 1. The molecule has 2 aromatic rings. The molecule has 0 saturated heterocycles. The van der Waals surface area contributed by atoms with Crippen LogP contribution in [0.2, 0.25) is 0 Å². The molecule has 0 aliphatic carbocycles. The second kappa shape index (κ2) is 6.31. The lowest BCUT2D eigenvalue weighted by Crippen LogP contribution is -2.37. The summed E-state index contributed by atoms with van der Waals surface area (Å²) in [4.78, 5) is 2.56. The van der Waals surface area contributed by atoms with E-state index in [2.05, 4.69) is 72.6 Å². The fourth-order valence-electron chi connectivity index (χ4n) is 3.20. The summed E-state index contributed by atoms with van der Waals surface area (Å²) in [7, 11) is 0. The Balaban J connectivity index is 1.83. The lowest BCUT2D eigenvalue weighted by Gasteiger charge is -2.28. The summed E-state index contributed by atoms with van der Waals surface area (Å²) in [5, 5.41) is 3.61. The molecule has 1 unspecified atom stereocenters. The zero-order chi connectivity index (χ0) is 14.7. The van der Waals surface area contributed by atoms with Crippen molar-refractivity contribution in [2.45, 2.75) is 32.9 Å². The monoisotopic (exact) mass is 280 g/mol. The lowest BCUT2D eigenvalue weighted by molar-refractivity contribution is 0.553. The molecule has 2 nitrogen and oxygen atoms in total. The summed E-state index contributed by atoms with van der Waals surface area (Å²) in [6.45, 7) is 7.62. The normalized spacial score (nSPS) is 18.2. The lowest BCUT2D eigenvalue weighted by atomic mass is 10.1. The maximum absolute atomic E-state index is 3.61. The Bertz CT molecular complexity index is 592. The number of fused-ring (bicyclic) bond motifs is 1. The van der Waals surface area contributed by atoms with Gasteiger partial charge in [0, 0.05) is 31.4 Å². The molecule has 1 aliphatic rings. The quantitative estimate of drug-likeness (QED) is 0.925. The summed E-state index contributed by atoms with van der Waals surface area (Å²) in [5.74, 6) is 0. The number of hydrogen-bond acceptors (Lipinski definition) is 2. The van der Waals surface area contributed by atoms with Gasteiger partial charge >= 0.3 is 0 Å². The van der Waals surface area contributed by atoms with E-state index in [0.717, 1.165) is 26.1 Å². The first-order valence-corrected chi connectivity index (χ1v) is 7.85. The summed E-state index contributed by atoms with van der Waals surface area (Å²) < 4.78 is 0. The Kier molecular flexibility index (Phi) is 4.26. The molecule has 0 fully saturated rings. The minimum absolute atomic E-state index is 0.521. The molecule has 0 radical (unpaired) electrons. The third-order valence-electron chi connectivity index (χ3n) is 4.29. The predicted octanol–water partition coefficient (Wildman–Crippen LogP) is 3.54. The Morgan fingerprint density at radius 2 is 1.90 bits per heavy atom. The van der Waals surface area contributed by atoms with Crippen LogP contribution in [0, 0.1) is 6.92 Å². The second-order valence-electron chi connectivity index (χ2n) is 6.05. The van der Waals surface area contributed by atoms with Crippen LogP contribution in [0.3, 0.4) is 0 Å². The van der Waals surface area contributed by atoms with Crippen molar-refractivity contribution in [1.29, 1.82) is 0 Å². The number of rotatable bonds is 3. The molecule has 0 saturated carbocycles. The number of hydrogen-bond donors (Lipinski definition) is 1. The van der Waals surface area contributed by atoms with Crippen molar-refractivity contribution >= 4 is 5.69 Å². The molecule has 21 heavy (non-hydrogen) atoms. The van der Waals surface area contributed by atoms with E-state index in [1.165, 1.54) is 22.4 Å². The molecule has 1 N–H and O–H groups in total. The summed E-state index contributed by atoms with van der Waals surface area (Å²) in [6, 6.07) is 17.9. The molecule has 110 valence electrons. The maximum Gasteiger partial charge on any atom is 0.0442 e. The van der Waals surface area contributed by atoms with Gasteiger partial charge in [0.2, 0.25) is 0 Å². The number of benzene rings is 2. The van der Waals surface area contributed by atoms with E-state index in [9.17, 15) is 0 Å². The standard InChI is InChI=1S/C19H24N2/c1-15-7-6-10-18-13-20-16(2)14-21(19(15)18)12-11-17-8-4-3-5-9-17/h3-10,16,20H,11-14H2,1-2H3. The highest BCUT2D eigenvalue weighted by molar-refractivity contribution is 5.60. The number of nitrogens with one attached hydrogen (secondary N) is 1. The summed E-state index contributed by atoms with van der Waals surface area (Å²) in [5.41, 5.74) is 5.66. The van der Waals surface area contributed by atoms with Gasteiger partial charge in [-0.1, -0.05) is 48.5 Å². The zero-order valence-corrected chi connectivity index (χ0v) is 13.0. The van der Waals surface area contributed by atoms with Crippen molar-refractivity contribution < 1.29 is 0 Å². The SMILES string of the molecule is Cc1cccc2c1N(CCc1ccccc1)CC(C)NC2. The molecule has 0 aromatic heterocycles. The van der Waals surface area contributed by atoms with E-state index in [-0.39, 0.29) is 0 Å². The summed E-state index contributed by atoms with van der Waals surface area (Å²) >= 11 is 0. The van der Waals surface area contributed by atoms with Gasteiger partial charge in [0.25, 0.3) is 0 Å². The molecule has 1 heterocycles. The fourth-order valence-corrected chi connectivity index (χ4v) is 3.20. The van der Waals surface area contributed by atoms with Gasteiger partial charge in [-0.25, -0.2) is 0 Å². The predicted molar refractivity (Wildman–Crippen MR) is 89.8 cm³/mol. The van der Waals surface area contributed by atoms with Gasteiger partial charge < -0.3 is 10.2 Å². The first-order valence-electron chi connectivity index (χ1n) is 7.85. The van der Waals surface area contributed by atoms with E-state index in [4.69, 9.17) is 0 Å². The van der Waals surface area contributed by atoms with Crippen LogP contribution in [0.4, 0.5) is 5.69 Å². The molecule has 0 spiro atoms. The Morgan fingerprint density at radius 1 is 1.10 bits per heavy atom. The van der Waals surface area contributed by atoms with Crippen LogP contribution in [0.1, 0.15) is 23.6 Å². The van der Waals surface area contributed by atoms with E-state index in [0.29, 0.717) is 6.04 Å². The molecular weight excluding hydrogens is 256 g/mol. The van der Waals surface area contributed by atoms with Crippen LogP contribution in [-0.4, -0.2) is 19.1 Å². The maximum atomic E-state index is 3.61. The highest BCUT2D eigenvalue weighted by Gasteiger charge is 2.20. The van der Waals surface area contributed by atoms with Gasteiger partial charge in [-0.05, 0) is 37.0 Å². The van der Waals surface area contributed by atoms with Crippen LogP contribution >= 0.6 is 0 Å². The molecule has 3 rings (SSSR count). The highest BCUT2D eigenvalue weighted by atomic mass is 15.2. The van der Waals surface area contributed by atoms with Gasteiger partial charge in [0.1, 0.15) is 0 Å².